The maximum absolute atomic E-state index is 12.6. The van der Waals surface area contributed by atoms with E-state index in [-0.39, 0.29) is 11.3 Å². The second kappa shape index (κ2) is 8.60. The molecule has 0 unspecified atom stereocenters. The molecule has 0 spiro atoms. The van der Waals surface area contributed by atoms with E-state index in [4.69, 9.17) is 10.5 Å². The summed E-state index contributed by atoms with van der Waals surface area (Å²) in [5.41, 5.74) is 7.43. The highest BCUT2D eigenvalue weighted by Crippen LogP contribution is 2.34. The van der Waals surface area contributed by atoms with Gasteiger partial charge in [0.15, 0.2) is 6.61 Å². The first kappa shape index (κ1) is 22.0. The minimum absolute atomic E-state index is 0.0811. The average molecular weight is 443 g/mol. The van der Waals surface area contributed by atoms with Gasteiger partial charge in [-0.2, -0.15) is 0 Å². The number of carbonyl (C=O) groups excluding carboxylic acids is 3. The van der Waals surface area contributed by atoms with Gasteiger partial charge in [-0.3, -0.25) is 19.1 Å². The third kappa shape index (κ3) is 4.92. The monoisotopic (exact) mass is 443 g/mol. The van der Waals surface area contributed by atoms with Crippen LogP contribution in [0.1, 0.15) is 21.6 Å². The number of ketones is 1. The predicted molar refractivity (Wildman–Crippen MR) is 114 cm³/mol. The van der Waals surface area contributed by atoms with Crippen LogP contribution in [0.2, 0.25) is 0 Å². The summed E-state index contributed by atoms with van der Waals surface area (Å²) >= 11 is 0. The van der Waals surface area contributed by atoms with E-state index < -0.39 is 34.2 Å². The molecule has 0 aliphatic heterocycles. The van der Waals surface area contributed by atoms with Gasteiger partial charge in [-0.25, -0.2) is 8.42 Å². The number of sulfonamides is 1. The molecule has 0 atom stereocenters. The molecule has 10 heteroatoms. The van der Waals surface area contributed by atoms with Gasteiger partial charge in [0.25, 0.3) is 17.6 Å². The second-order valence-corrected chi connectivity index (χ2v) is 8.71. The van der Waals surface area contributed by atoms with Crippen molar-refractivity contribution in [2.45, 2.75) is 13.5 Å². The Morgan fingerprint density at radius 2 is 1.74 bits per heavy atom. The first-order chi connectivity index (χ1) is 14.6. The molecule has 1 heterocycles. The van der Waals surface area contributed by atoms with Crippen molar-refractivity contribution < 1.29 is 27.5 Å². The lowest BCUT2D eigenvalue weighted by atomic mass is 10.1. The van der Waals surface area contributed by atoms with Gasteiger partial charge in [0, 0.05) is 12.2 Å². The van der Waals surface area contributed by atoms with Crippen LogP contribution >= 0.6 is 0 Å². The van der Waals surface area contributed by atoms with Gasteiger partial charge < -0.3 is 15.0 Å². The third-order valence-electron chi connectivity index (χ3n) is 4.60. The molecular weight excluding hydrogens is 422 g/mol. The summed E-state index contributed by atoms with van der Waals surface area (Å²) in [6, 6.07) is 14.5. The fourth-order valence-corrected chi connectivity index (χ4v) is 3.84. The number of nitrogens with one attached hydrogen (secondary N) is 1. The zero-order chi connectivity index (χ0) is 22.8. The third-order valence-corrected chi connectivity index (χ3v) is 5.20. The lowest BCUT2D eigenvalue weighted by molar-refractivity contribution is -0.121. The summed E-state index contributed by atoms with van der Waals surface area (Å²) in [6.07, 6.45) is 0.850. The Balaban J connectivity index is 2.10. The van der Waals surface area contributed by atoms with Crippen molar-refractivity contribution >= 4 is 38.5 Å². The summed E-state index contributed by atoms with van der Waals surface area (Å²) in [7, 11) is -3.74. The van der Waals surface area contributed by atoms with E-state index in [1.165, 1.54) is 6.07 Å². The van der Waals surface area contributed by atoms with E-state index in [2.05, 4.69) is 0 Å². The molecule has 0 fully saturated rings. The van der Waals surface area contributed by atoms with Gasteiger partial charge in [-0.15, -0.1) is 0 Å². The van der Waals surface area contributed by atoms with Crippen LogP contribution in [0.3, 0.4) is 0 Å². The first-order valence-electron chi connectivity index (χ1n) is 9.21. The Hall–Kier alpha value is -3.66. The second-order valence-electron chi connectivity index (χ2n) is 6.96. The SMILES string of the molecule is Cc1c(C(=O)C(N)=O)c2c(OCC(=O)NS(C)(=O)=O)cccc2n1Cc1ccccc1. The van der Waals surface area contributed by atoms with Crippen LogP contribution in [0.15, 0.2) is 48.5 Å². The van der Waals surface area contributed by atoms with Crippen molar-refractivity contribution in [3.8, 4) is 5.75 Å². The summed E-state index contributed by atoms with van der Waals surface area (Å²) in [5.74, 6) is -2.72. The number of rotatable bonds is 8. The zero-order valence-electron chi connectivity index (χ0n) is 16.9. The lowest BCUT2D eigenvalue weighted by Gasteiger charge is -2.10. The summed E-state index contributed by atoms with van der Waals surface area (Å²) < 4.78 is 31.6. The molecule has 3 rings (SSSR count). The molecule has 2 aromatic carbocycles. The van der Waals surface area contributed by atoms with E-state index in [0.717, 1.165) is 11.8 Å². The van der Waals surface area contributed by atoms with Crippen LogP contribution in [0.25, 0.3) is 10.9 Å². The van der Waals surface area contributed by atoms with Crippen molar-refractivity contribution in [2.75, 3.05) is 12.9 Å². The smallest absolute Gasteiger partial charge is 0.289 e. The van der Waals surface area contributed by atoms with Crippen molar-refractivity contribution in [3.05, 3.63) is 65.4 Å². The highest BCUT2D eigenvalue weighted by atomic mass is 32.2. The highest BCUT2D eigenvalue weighted by molar-refractivity contribution is 7.89. The van der Waals surface area contributed by atoms with E-state index in [9.17, 15) is 22.8 Å². The number of nitrogens with zero attached hydrogens (tertiary/aromatic N) is 1. The summed E-state index contributed by atoms with van der Waals surface area (Å²) in [6.45, 7) is 1.52. The number of nitrogens with two attached hydrogens (primary N) is 1. The number of hydrogen-bond donors (Lipinski definition) is 2. The van der Waals surface area contributed by atoms with Crippen LogP contribution < -0.4 is 15.2 Å². The molecule has 0 radical (unpaired) electrons. The predicted octanol–water partition coefficient (Wildman–Crippen LogP) is 1.12. The molecule has 1 aromatic heterocycles. The minimum Gasteiger partial charge on any atom is -0.483 e. The Morgan fingerprint density at radius 3 is 2.35 bits per heavy atom. The van der Waals surface area contributed by atoms with Crippen molar-refractivity contribution in [1.82, 2.24) is 9.29 Å². The van der Waals surface area contributed by atoms with E-state index in [1.54, 1.807) is 23.8 Å². The van der Waals surface area contributed by atoms with Crippen molar-refractivity contribution in [1.29, 1.82) is 0 Å². The molecule has 0 bridgehead atoms. The average Bonchev–Trinajstić information content (AvgIpc) is 2.97. The minimum atomic E-state index is -3.74. The molecule has 31 heavy (non-hydrogen) atoms. The van der Waals surface area contributed by atoms with Gasteiger partial charge in [0.2, 0.25) is 10.0 Å². The first-order valence-corrected chi connectivity index (χ1v) is 11.1. The summed E-state index contributed by atoms with van der Waals surface area (Å²) in [5, 5.41) is 0.326. The van der Waals surface area contributed by atoms with E-state index >= 15 is 0 Å². The lowest BCUT2D eigenvalue weighted by Crippen LogP contribution is -2.33. The number of amides is 2. The molecular formula is C21H21N3O6S. The number of hydrogen-bond acceptors (Lipinski definition) is 6. The Bertz CT molecular complexity index is 1280. The number of benzene rings is 2. The van der Waals surface area contributed by atoms with Gasteiger partial charge in [-0.05, 0) is 24.6 Å². The Morgan fingerprint density at radius 1 is 1.06 bits per heavy atom. The number of primary amides is 1. The van der Waals surface area contributed by atoms with Crippen LogP contribution in [-0.4, -0.2) is 43.4 Å². The van der Waals surface area contributed by atoms with Crippen molar-refractivity contribution in [2.24, 2.45) is 5.73 Å². The Labute approximate surface area is 178 Å². The molecule has 3 aromatic rings. The van der Waals surface area contributed by atoms with Crippen LogP contribution in [0.5, 0.6) is 5.75 Å². The van der Waals surface area contributed by atoms with Crippen LogP contribution in [-0.2, 0) is 26.2 Å². The molecule has 0 saturated heterocycles. The number of ether oxygens (including phenoxy) is 1. The maximum atomic E-state index is 12.6. The number of Topliss-reactive ketones (excluding diaryl/α,β-unsaturated/α-hetero) is 1. The standard InChI is InChI=1S/C21H21N3O6S/c1-13-18(20(26)21(22)27)19-15(24(13)11-14-7-4-3-5-8-14)9-6-10-16(19)30-12-17(25)23-31(2,28)29/h3-10H,11-12H2,1-2H3,(H2,22,27)(H,23,25). The van der Waals surface area contributed by atoms with Gasteiger partial charge in [0.05, 0.1) is 22.7 Å². The van der Waals surface area contributed by atoms with Crippen LogP contribution in [0.4, 0.5) is 0 Å². The normalized spacial score (nSPS) is 11.3. The number of carbonyl (C=O) groups is 3. The maximum Gasteiger partial charge on any atom is 0.289 e. The largest absolute Gasteiger partial charge is 0.483 e. The molecule has 2 amide bonds. The Kier molecular flexibility index (Phi) is 6.11. The fourth-order valence-electron chi connectivity index (χ4n) is 3.36. The molecule has 0 aliphatic carbocycles. The molecule has 3 N–H and O–H groups in total. The summed E-state index contributed by atoms with van der Waals surface area (Å²) in [4.78, 5) is 36.2. The van der Waals surface area contributed by atoms with E-state index in [1.807, 2.05) is 34.9 Å². The quantitative estimate of drug-likeness (QED) is 0.395. The molecule has 0 saturated carbocycles. The number of fused-ring (bicyclic) bond motifs is 1. The van der Waals surface area contributed by atoms with E-state index in [0.29, 0.717) is 23.1 Å². The van der Waals surface area contributed by atoms with Gasteiger partial charge in [0.1, 0.15) is 5.75 Å². The number of aromatic nitrogens is 1. The molecule has 9 nitrogen and oxygen atoms in total. The molecule has 0 aliphatic rings. The van der Waals surface area contributed by atoms with Gasteiger partial charge >= 0.3 is 0 Å². The topological polar surface area (TPSA) is 138 Å². The van der Waals surface area contributed by atoms with Crippen LogP contribution in [0, 0.1) is 6.92 Å². The highest BCUT2D eigenvalue weighted by Gasteiger charge is 2.26. The molecule has 162 valence electrons. The van der Waals surface area contributed by atoms with Gasteiger partial charge in [-0.1, -0.05) is 36.4 Å². The van der Waals surface area contributed by atoms with Crippen molar-refractivity contribution in [3.63, 3.8) is 0 Å². The zero-order valence-corrected chi connectivity index (χ0v) is 17.7. The fraction of sp³-hybridized carbons (Fsp3) is 0.190.